The molecule has 87 valence electrons. The molecule has 1 aliphatic heterocycles. The summed E-state index contributed by atoms with van der Waals surface area (Å²) in [7, 11) is 0. The first kappa shape index (κ1) is 12.5. The molecule has 0 aliphatic carbocycles. The highest BCUT2D eigenvalue weighted by Crippen LogP contribution is 2.31. The summed E-state index contributed by atoms with van der Waals surface area (Å²) in [4.78, 5) is 2.34. The molecule has 1 radical (unpaired) electrons. The fraction of sp³-hybridized carbons (Fsp3) is 0.455. The van der Waals surface area contributed by atoms with E-state index in [9.17, 15) is 0 Å². The van der Waals surface area contributed by atoms with Gasteiger partial charge in [0.15, 0.2) is 0 Å². The van der Waals surface area contributed by atoms with Crippen molar-refractivity contribution in [3.05, 3.63) is 32.8 Å². The van der Waals surface area contributed by atoms with Crippen molar-refractivity contribution >= 4 is 34.8 Å². The van der Waals surface area contributed by atoms with E-state index in [1.807, 2.05) is 12.1 Å². The van der Waals surface area contributed by atoms with Gasteiger partial charge in [0.1, 0.15) is 0 Å². The summed E-state index contributed by atoms with van der Waals surface area (Å²) in [6.07, 6.45) is 0. The van der Waals surface area contributed by atoms with E-state index in [1.54, 1.807) is 0 Å². The summed E-state index contributed by atoms with van der Waals surface area (Å²) in [5.74, 6) is 0. The number of halogens is 3. The molecule has 1 aromatic rings. The molecule has 0 saturated carbocycles. The molecule has 2 rings (SSSR count). The standard InChI is InChI=1S/C11H12Cl3N2/c12-9-5-8(6-10(13)11(9)14)7-16-3-1-15-2-4-16/h5-6H,1-4,7H2. The van der Waals surface area contributed by atoms with Crippen LogP contribution < -0.4 is 5.32 Å². The van der Waals surface area contributed by atoms with Crippen LogP contribution in [-0.4, -0.2) is 31.1 Å². The lowest BCUT2D eigenvalue weighted by molar-refractivity contribution is 0.231. The highest BCUT2D eigenvalue weighted by Gasteiger charge is 2.12. The lowest BCUT2D eigenvalue weighted by Gasteiger charge is -2.26. The number of rotatable bonds is 2. The minimum absolute atomic E-state index is 0.431. The van der Waals surface area contributed by atoms with E-state index in [0.29, 0.717) is 15.1 Å². The van der Waals surface area contributed by atoms with Crippen LogP contribution in [0.4, 0.5) is 0 Å². The highest BCUT2D eigenvalue weighted by molar-refractivity contribution is 6.48. The van der Waals surface area contributed by atoms with Gasteiger partial charge in [-0.1, -0.05) is 34.8 Å². The molecule has 1 aliphatic rings. The van der Waals surface area contributed by atoms with Gasteiger partial charge < -0.3 is 0 Å². The second-order valence-corrected chi connectivity index (χ2v) is 5.01. The van der Waals surface area contributed by atoms with E-state index in [2.05, 4.69) is 10.2 Å². The molecular formula is C11H12Cl3N2. The molecular weight excluding hydrogens is 266 g/mol. The number of nitrogens with zero attached hydrogens (tertiary/aromatic N) is 2. The predicted octanol–water partition coefficient (Wildman–Crippen LogP) is 3.07. The molecule has 0 N–H and O–H groups in total. The van der Waals surface area contributed by atoms with E-state index < -0.39 is 0 Å². The van der Waals surface area contributed by atoms with Gasteiger partial charge >= 0.3 is 0 Å². The van der Waals surface area contributed by atoms with Crippen LogP contribution in [0, 0.1) is 0 Å². The first-order valence-corrected chi connectivity index (χ1v) is 6.29. The van der Waals surface area contributed by atoms with E-state index in [1.165, 1.54) is 0 Å². The fourth-order valence-corrected chi connectivity index (χ4v) is 2.40. The van der Waals surface area contributed by atoms with E-state index >= 15 is 0 Å². The Labute approximate surface area is 110 Å². The Bertz CT molecular complexity index is 352. The maximum absolute atomic E-state index is 5.98. The third-order valence-corrected chi connectivity index (χ3v) is 3.80. The van der Waals surface area contributed by atoms with Crippen LogP contribution in [0.25, 0.3) is 0 Å². The Hall–Kier alpha value is 0.01000. The van der Waals surface area contributed by atoms with Crippen molar-refractivity contribution < 1.29 is 0 Å². The van der Waals surface area contributed by atoms with Crippen LogP contribution in [0.1, 0.15) is 5.56 Å². The van der Waals surface area contributed by atoms with Crippen molar-refractivity contribution in [1.29, 1.82) is 0 Å². The number of piperazine rings is 1. The number of hydrogen-bond donors (Lipinski definition) is 0. The molecule has 5 heteroatoms. The zero-order valence-electron chi connectivity index (χ0n) is 8.72. The van der Waals surface area contributed by atoms with Gasteiger partial charge in [0, 0.05) is 32.7 Å². The third-order valence-electron chi connectivity index (χ3n) is 2.60. The normalized spacial score (nSPS) is 17.7. The van der Waals surface area contributed by atoms with Gasteiger partial charge in [-0.05, 0) is 17.7 Å². The predicted molar refractivity (Wildman–Crippen MR) is 68.6 cm³/mol. The van der Waals surface area contributed by atoms with Crippen LogP contribution in [0.15, 0.2) is 12.1 Å². The molecule has 1 heterocycles. The summed E-state index contributed by atoms with van der Waals surface area (Å²) in [5.41, 5.74) is 1.10. The summed E-state index contributed by atoms with van der Waals surface area (Å²) in [6.45, 7) is 4.67. The second-order valence-electron chi connectivity index (χ2n) is 3.82. The Morgan fingerprint density at radius 2 is 1.62 bits per heavy atom. The molecule has 1 saturated heterocycles. The van der Waals surface area contributed by atoms with E-state index in [-0.39, 0.29) is 0 Å². The molecule has 1 aromatic carbocycles. The average Bonchev–Trinajstić information content (AvgIpc) is 2.27. The van der Waals surface area contributed by atoms with Crippen LogP contribution in [0.2, 0.25) is 15.1 Å². The monoisotopic (exact) mass is 277 g/mol. The van der Waals surface area contributed by atoms with Crippen LogP contribution in [0.3, 0.4) is 0 Å². The lowest BCUT2D eigenvalue weighted by Crippen LogP contribution is -2.39. The molecule has 0 atom stereocenters. The maximum atomic E-state index is 5.98. The fourth-order valence-electron chi connectivity index (χ4n) is 1.76. The van der Waals surface area contributed by atoms with Gasteiger partial charge in [0.2, 0.25) is 0 Å². The van der Waals surface area contributed by atoms with Crippen LogP contribution >= 0.6 is 34.8 Å². The SMILES string of the molecule is Clc1cc(CN2CC[N]CC2)cc(Cl)c1Cl. The summed E-state index contributed by atoms with van der Waals surface area (Å²) < 4.78 is 0. The Balaban J connectivity index is 2.09. The lowest BCUT2D eigenvalue weighted by atomic mass is 10.2. The minimum atomic E-state index is 0.431. The topological polar surface area (TPSA) is 17.3 Å². The smallest absolute Gasteiger partial charge is 0.0778 e. The van der Waals surface area contributed by atoms with E-state index in [0.717, 1.165) is 38.3 Å². The zero-order valence-corrected chi connectivity index (χ0v) is 11.0. The molecule has 16 heavy (non-hydrogen) atoms. The first-order chi connectivity index (χ1) is 7.66. The van der Waals surface area contributed by atoms with Gasteiger partial charge in [-0.2, -0.15) is 0 Å². The van der Waals surface area contributed by atoms with Gasteiger partial charge in [-0.3, -0.25) is 4.90 Å². The van der Waals surface area contributed by atoms with Crippen molar-refractivity contribution in [2.24, 2.45) is 0 Å². The molecule has 1 fully saturated rings. The first-order valence-electron chi connectivity index (χ1n) is 5.16. The Kier molecular flexibility index (Phi) is 4.34. The van der Waals surface area contributed by atoms with Crippen LogP contribution in [0.5, 0.6) is 0 Å². The second kappa shape index (κ2) is 5.56. The molecule has 2 nitrogen and oxygen atoms in total. The summed E-state index contributed by atoms with van der Waals surface area (Å²) in [5, 5.41) is 5.77. The van der Waals surface area contributed by atoms with Crippen molar-refractivity contribution in [2.45, 2.75) is 6.54 Å². The van der Waals surface area contributed by atoms with Gasteiger partial charge in [-0.15, -0.1) is 0 Å². The van der Waals surface area contributed by atoms with Crippen molar-refractivity contribution in [1.82, 2.24) is 10.2 Å². The highest BCUT2D eigenvalue weighted by atomic mass is 35.5. The Morgan fingerprint density at radius 3 is 2.19 bits per heavy atom. The summed E-state index contributed by atoms with van der Waals surface area (Å²) >= 11 is 17.9. The van der Waals surface area contributed by atoms with E-state index in [4.69, 9.17) is 34.8 Å². The molecule has 0 bridgehead atoms. The van der Waals surface area contributed by atoms with Crippen molar-refractivity contribution in [3.8, 4) is 0 Å². The number of hydrogen-bond acceptors (Lipinski definition) is 1. The van der Waals surface area contributed by atoms with Crippen LogP contribution in [-0.2, 0) is 6.54 Å². The summed E-state index contributed by atoms with van der Waals surface area (Å²) in [6, 6.07) is 3.75. The molecule has 0 aromatic heterocycles. The van der Waals surface area contributed by atoms with Gasteiger partial charge in [0.05, 0.1) is 15.1 Å². The van der Waals surface area contributed by atoms with Crippen molar-refractivity contribution in [3.63, 3.8) is 0 Å². The van der Waals surface area contributed by atoms with Crippen molar-refractivity contribution in [2.75, 3.05) is 26.2 Å². The third kappa shape index (κ3) is 3.02. The zero-order chi connectivity index (χ0) is 11.5. The largest absolute Gasteiger partial charge is 0.296 e. The van der Waals surface area contributed by atoms with Gasteiger partial charge in [-0.25, -0.2) is 5.32 Å². The van der Waals surface area contributed by atoms with Gasteiger partial charge in [0.25, 0.3) is 0 Å². The molecule has 0 spiro atoms. The minimum Gasteiger partial charge on any atom is -0.296 e. The molecule has 0 amide bonds. The molecule has 0 unspecified atom stereocenters. The maximum Gasteiger partial charge on any atom is 0.0778 e. The quantitative estimate of drug-likeness (QED) is 0.760. The Morgan fingerprint density at radius 1 is 1.06 bits per heavy atom. The number of benzene rings is 1. The average molecular weight is 279 g/mol.